The van der Waals surface area contributed by atoms with Crippen LogP contribution in [0.2, 0.25) is 0 Å². The van der Waals surface area contributed by atoms with E-state index in [2.05, 4.69) is 4.74 Å². The van der Waals surface area contributed by atoms with Crippen LogP contribution in [0.25, 0.3) is 0 Å². The Balaban J connectivity index is 3.03. The zero-order valence-electron chi connectivity index (χ0n) is 10.3. The molecule has 0 saturated carbocycles. The van der Waals surface area contributed by atoms with Crippen molar-refractivity contribution in [3.8, 4) is 0 Å². The molecule has 0 aliphatic carbocycles. The van der Waals surface area contributed by atoms with Crippen molar-refractivity contribution in [3.05, 3.63) is 35.9 Å². The largest absolute Gasteiger partial charge is 0.469 e. The summed E-state index contributed by atoms with van der Waals surface area (Å²) in [6.45, 7) is -2.42. The maximum atomic E-state index is 13.0. The van der Waals surface area contributed by atoms with Gasteiger partial charge in [-0.25, -0.2) is 13.6 Å². The fraction of sp³-hybridized carbons (Fsp3) is 0.385. The van der Waals surface area contributed by atoms with E-state index in [-0.39, 0.29) is 0 Å². The molecule has 1 aromatic rings. The number of esters is 2. The van der Waals surface area contributed by atoms with Gasteiger partial charge in [-0.05, 0) is 5.56 Å². The molecule has 0 fully saturated rings. The molecule has 4 nitrogen and oxygen atoms in total. The third kappa shape index (κ3) is 4.01. The molecule has 1 aromatic carbocycles. The van der Waals surface area contributed by atoms with Crippen LogP contribution < -0.4 is 0 Å². The molecule has 0 radical (unpaired) electrons. The van der Waals surface area contributed by atoms with E-state index in [0.717, 1.165) is 7.11 Å². The first-order valence-corrected chi connectivity index (χ1v) is 5.58. The van der Waals surface area contributed by atoms with Gasteiger partial charge in [-0.15, -0.1) is 0 Å². The maximum Gasteiger partial charge on any atom is 0.338 e. The van der Waals surface area contributed by atoms with Crippen LogP contribution in [-0.4, -0.2) is 32.4 Å². The number of rotatable bonds is 6. The topological polar surface area (TPSA) is 52.6 Å². The molecule has 0 aliphatic rings. The van der Waals surface area contributed by atoms with E-state index in [1.54, 1.807) is 30.3 Å². The predicted molar refractivity (Wildman–Crippen MR) is 62.7 cm³/mol. The quantitative estimate of drug-likeness (QED) is 0.743. The standard InChI is InChI=1S/C13H14F2O4/c1-18-13(17)10(7-14)12(19-11(16)8-15)9-5-3-2-4-6-9/h2-6,10,12H,7-8H2,1H3. The van der Waals surface area contributed by atoms with Gasteiger partial charge in [-0.3, -0.25) is 4.79 Å². The molecule has 0 amide bonds. The molecule has 0 bridgehead atoms. The molecular weight excluding hydrogens is 258 g/mol. The Hall–Kier alpha value is -1.98. The minimum Gasteiger partial charge on any atom is -0.469 e. The van der Waals surface area contributed by atoms with Gasteiger partial charge < -0.3 is 9.47 Å². The summed E-state index contributed by atoms with van der Waals surface area (Å²) in [7, 11) is 1.10. The van der Waals surface area contributed by atoms with Gasteiger partial charge in [0, 0.05) is 0 Å². The van der Waals surface area contributed by atoms with Gasteiger partial charge in [0.1, 0.15) is 18.7 Å². The van der Waals surface area contributed by atoms with Crippen LogP contribution in [-0.2, 0) is 19.1 Å². The van der Waals surface area contributed by atoms with Crippen LogP contribution in [0.15, 0.2) is 30.3 Å². The maximum absolute atomic E-state index is 13.0. The summed E-state index contributed by atoms with van der Waals surface area (Å²) in [4.78, 5) is 22.5. The molecular formula is C13H14F2O4. The van der Waals surface area contributed by atoms with E-state index in [4.69, 9.17) is 4.74 Å². The summed E-state index contributed by atoms with van der Waals surface area (Å²) >= 11 is 0. The number of alkyl halides is 2. The molecule has 0 N–H and O–H groups in total. The molecule has 2 unspecified atom stereocenters. The normalized spacial score (nSPS) is 13.4. The lowest BCUT2D eigenvalue weighted by molar-refractivity contribution is -0.162. The second kappa shape index (κ2) is 7.45. The van der Waals surface area contributed by atoms with E-state index in [9.17, 15) is 18.4 Å². The third-order valence-corrected chi connectivity index (χ3v) is 2.53. The SMILES string of the molecule is COC(=O)C(CF)C(OC(=O)CF)c1ccccc1. The van der Waals surface area contributed by atoms with Crippen LogP contribution in [0.3, 0.4) is 0 Å². The lowest BCUT2D eigenvalue weighted by Crippen LogP contribution is -2.29. The number of carbonyl (C=O) groups excluding carboxylic acids is 2. The Kier molecular flexibility index (Phi) is 5.92. The number of hydrogen-bond acceptors (Lipinski definition) is 4. The van der Waals surface area contributed by atoms with Gasteiger partial charge in [0.05, 0.1) is 7.11 Å². The highest BCUT2D eigenvalue weighted by Crippen LogP contribution is 2.28. The minimum absolute atomic E-state index is 0.400. The van der Waals surface area contributed by atoms with Crippen molar-refractivity contribution in [2.75, 3.05) is 20.5 Å². The first kappa shape index (κ1) is 15.1. The van der Waals surface area contributed by atoms with Crippen LogP contribution in [0.1, 0.15) is 11.7 Å². The van der Waals surface area contributed by atoms with E-state index >= 15 is 0 Å². The third-order valence-electron chi connectivity index (χ3n) is 2.53. The van der Waals surface area contributed by atoms with Crippen LogP contribution in [0, 0.1) is 5.92 Å². The molecule has 104 valence electrons. The van der Waals surface area contributed by atoms with Crippen molar-refractivity contribution >= 4 is 11.9 Å². The molecule has 0 saturated heterocycles. The van der Waals surface area contributed by atoms with E-state index in [0.29, 0.717) is 5.56 Å². The molecule has 6 heteroatoms. The van der Waals surface area contributed by atoms with Crippen LogP contribution >= 0.6 is 0 Å². The molecule has 2 atom stereocenters. The van der Waals surface area contributed by atoms with Gasteiger partial charge in [0.25, 0.3) is 0 Å². The number of benzene rings is 1. The molecule has 19 heavy (non-hydrogen) atoms. The average molecular weight is 272 g/mol. The zero-order chi connectivity index (χ0) is 14.3. The van der Waals surface area contributed by atoms with Crippen LogP contribution in [0.5, 0.6) is 0 Å². The smallest absolute Gasteiger partial charge is 0.338 e. The van der Waals surface area contributed by atoms with Crippen molar-refractivity contribution in [3.63, 3.8) is 0 Å². The highest BCUT2D eigenvalue weighted by molar-refractivity contribution is 5.75. The molecule has 0 aromatic heterocycles. The summed E-state index contributed by atoms with van der Waals surface area (Å²) in [6.07, 6.45) is -1.21. The van der Waals surface area contributed by atoms with Gasteiger partial charge in [-0.2, -0.15) is 0 Å². The van der Waals surface area contributed by atoms with Crippen molar-refractivity contribution < 1.29 is 27.8 Å². The number of halogens is 2. The number of methoxy groups -OCH3 is 1. The number of carbonyl (C=O) groups is 2. The first-order chi connectivity index (χ1) is 9.13. The highest BCUT2D eigenvalue weighted by Gasteiger charge is 2.33. The minimum atomic E-state index is -1.34. The van der Waals surface area contributed by atoms with Gasteiger partial charge in [0.2, 0.25) is 0 Å². The summed E-state index contributed by atoms with van der Waals surface area (Å²) in [5.74, 6) is -3.33. The fourth-order valence-electron chi connectivity index (χ4n) is 1.62. The summed E-state index contributed by atoms with van der Waals surface area (Å²) < 4.78 is 34.5. The second-order valence-electron chi connectivity index (χ2n) is 3.74. The Bertz CT molecular complexity index is 422. The first-order valence-electron chi connectivity index (χ1n) is 5.58. The summed E-state index contributed by atoms with van der Waals surface area (Å²) in [5, 5.41) is 0. The predicted octanol–water partition coefficient (Wildman–Crippen LogP) is 2.00. The van der Waals surface area contributed by atoms with E-state index in [1.165, 1.54) is 0 Å². The lowest BCUT2D eigenvalue weighted by atomic mass is 9.96. The fourth-order valence-corrected chi connectivity index (χ4v) is 1.62. The van der Waals surface area contributed by atoms with E-state index < -0.39 is 37.3 Å². The Labute approximate surface area is 109 Å². The summed E-state index contributed by atoms with van der Waals surface area (Å²) in [6, 6.07) is 8.10. The average Bonchev–Trinajstić information content (AvgIpc) is 2.47. The van der Waals surface area contributed by atoms with Gasteiger partial charge in [0.15, 0.2) is 6.67 Å². The van der Waals surface area contributed by atoms with Crippen molar-refractivity contribution in [1.82, 2.24) is 0 Å². The Morgan fingerprint density at radius 2 is 1.84 bits per heavy atom. The molecule has 0 aliphatic heterocycles. The van der Waals surface area contributed by atoms with Crippen molar-refractivity contribution in [2.45, 2.75) is 6.10 Å². The molecule has 1 rings (SSSR count). The monoisotopic (exact) mass is 272 g/mol. The molecule has 0 spiro atoms. The Morgan fingerprint density at radius 3 is 2.32 bits per heavy atom. The lowest BCUT2D eigenvalue weighted by Gasteiger charge is -2.23. The van der Waals surface area contributed by atoms with Crippen molar-refractivity contribution in [1.29, 1.82) is 0 Å². The summed E-state index contributed by atoms with van der Waals surface area (Å²) in [5.41, 5.74) is 0.400. The van der Waals surface area contributed by atoms with Gasteiger partial charge in [-0.1, -0.05) is 30.3 Å². The number of ether oxygens (including phenoxy) is 2. The zero-order valence-corrected chi connectivity index (χ0v) is 10.3. The van der Waals surface area contributed by atoms with Crippen molar-refractivity contribution in [2.24, 2.45) is 5.92 Å². The number of hydrogen-bond donors (Lipinski definition) is 0. The van der Waals surface area contributed by atoms with E-state index in [1.807, 2.05) is 0 Å². The van der Waals surface area contributed by atoms with Crippen LogP contribution in [0.4, 0.5) is 8.78 Å². The van der Waals surface area contributed by atoms with Gasteiger partial charge >= 0.3 is 11.9 Å². The highest BCUT2D eigenvalue weighted by atomic mass is 19.1. The second-order valence-corrected chi connectivity index (χ2v) is 3.74. The molecule has 0 heterocycles. The Morgan fingerprint density at radius 1 is 1.21 bits per heavy atom.